The van der Waals surface area contributed by atoms with Gasteiger partial charge in [0, 0.05) is 30.5 Å². The van der Waals surface area contributed by atoms with Gasteiger partial charge in [-0.05, 0) is 52.4 Å². The molecule has 3 unspecified atom stereocenters. The van der Waals surface area contributed by atoms with Gasteiger partial charge in [-0.25, -0.2) is 0 Å². The van der Waals surface area contributed by atoms with Crippen molar-refractivity contribution in [3.63, 3.8) is 0 Å². The Kier molecular flexibility index (Phi) is 6.82. The van der Waals surface area contributed by atoms with Crippen LogP contribution in [0, 0.1) is 17.8 Å². The number of carboxylic acids is 1. The molecule has 31 heavy (non-hydrogen) atoms. The van der Waals surface area contributed by atoms with E-state index in [1.54, 1.807) is 27.6 Å². The maximum Gasteiger partial charge on any atom is 0.308 e. The summed E-state index contributed by atoms with van der Waals surface area (Å²) in [5.74, 6) is -2.57. The van der Waals surface area contributed by atoms with Crippen LogP contribution in [0.3, 0.4) is 0 Å². The Bertz CT molecular complexity index is 751. The quantitative estimate of drug-likeness (QED) is 0.412. The number of fused-ring (bicyclic) bond motifs is 1. The van der Waals surface area contributed by atoms with E-state index in [-0.39, 0.29) is 29.6 Å². The molecular weight excluding hydrogens is 416 g/mol. The molecule has 6 atom stereocenters. The molecule has 0 aromatic rings. The lowest BCUT2D eigenvalue weighted by Crippen LogP contribution is -2.60. The van der Waals surface area contributed by atoms with Crippen molar-refractivity contribution in [2.75, 3.05) is 19.7 Å². The van der Waals surface area contributed by atoms with E-state index in [1.807, 2.05) is 20.8 Å². The van der Waals surface area contributed by atoms with E-state index in [2.05, 4.69) is 13.5 Å². The normalized spacial score (nSPS) is 34.2. The summed E-state index contributed by atoms with van der Waals surface area (Å²) in [6.07, 6.45) is 4.48. The zero-order chi connectivity index (χ0) is 23.1. The average molecular weight is 453 g/mol. The van der Waals surface area contributed by atoms with Gasteiger partial charge < -0.3 is 20.0 Å². The van der Waals surface area contributed by atoms with Crippen molar-refractivity contribution in [2.24, 2.45) is 17.8 Å². The number of amides is 2. The van der Waals surface area contributed by atoms with Gasteiger partial charge in [-0.15, -0.1) is 18.3 Å². The van der Waals surface area contributed by atoms with E-state index in [0.717, 1.165) is 6.42 Å². The van der Waals surface area contributed by atoms with Crippen molar-refractivity contribution in [1.82, 2.24) is 9.80 Å². The summed E-state index contributed by atoms with van der Waals surface area (Å²) >= 11 is 1.57. The monoisotopic (exact) mass is 452 g/mol. The molecule has 3 rings (SSSR count). The van der Waals surface area contributed by atoms with Gasteiger partial charge in [0.25, 0.3) is 0 Å². The van der Waals surface area contributed by atoms with Gasteiger partial charge in [0.2, 0.25) is 11.8 Å². The van der Waals surface area contributed by atoms with Crippen LogP contribution in [0.5, 0.6) is 0 Å². The lowest BCUT2D eigenvalue weighted by molar-refractivity contribution is -0.149. The second-order valence-corrected chi connectivity index (χ2v) is 11.7. The Hall–Kier alpha value is -1.54. The van der Waals surface area contributed by atoms with Crippen LogP contribution in [0.1, 0.15) is 53.4 Å². The summed E-state index contributed by atoms with van der Waals surface area (Å²) in [5, 5.41) is 18.9. The van der Waals surface area contributed by atoms with E-state index >= 15 is 0 Å². The van der Waals surface area contributed by atoms with Gasteiger partial charge in [-0.2, -0.15) is 0 Å². The molecule has 7 nitrogen and oxygen atoms in total. The van der Waals surface area contributed by atoms with Crippen LogP contribution >= 0.6 is 11.8 Å². The molecule has 2 N–H and O–H groups in total. The number of rotatable bonds is 9. The summed E-state index contributed by atoms with van der Waals surface area (Å²) in [4.78, 5) is 43.3. The second kappa shape index (κ2) is 8.77. The van der Waals surface area contributed by atoms with Crippen LogP contribution in [-0.4, -0.2) is 79.1 Å². The highest BCUT2D eigenvalue weighted by molar-refractivity contribution is 8.02. The molecule has 0 radical (unpaired) electrons. The molecular formula is C23H36N2O5S. The fraction of sp³-hybridized carbons (Fsp3) is 0.783. The van der Waals surface area contributed by atoms with E-state index in [0.29, 0.717) is 32.4 Å². The molecule has 3 aliphatic rings. The van der Waals surface area contributed by atoms with Crippen LogP contribution in [0.15, 0.2) is 12.7 Å². The smallest absolute Gasteiger partial charge is 0.308 e. The van der Waals surface area contributed by atoms with Crippen molar-refractivity contribution in [3.8, 4) is 0 Å². The number of nitrogens with zero attached hydrogens (tertiary/aromatic N) is 2. The molecule has 0 saturated carbocycles. The minimum atomic E-state index is -0.934. The molecule has 3 heterocycles. The molecule has 0 aromatic heterocycles. The van der Waals surface area contributed by atoms with Gasteiger partial charge in [0.1, 0.15) is 6.04 Å². The van der Waals surface area contributed by atoms with Crippen molar-refractivity contribution in [1.29, 1.82) is 0 Å². The first-order chi connectivity index (χ1) is 14.5. The van der Waals surface area contributed by atoms with Gasteiger partial charge in [0.15, 0.2) is 0 Å². The van der Waals surface area contributed by atoms with Crippen molar-refractivity contribution >= 4 is 29.5 Å². The zero-order valence-electron chi connectivity index (χ0n) is 19.0. The Labute approximate surface area is 189 Å². The molecule has 0 aliphatic carbocycles. The number of carbonyl (C=O) groups is 3. The highest BCUT2D eigenvalue weighted by Crippen LogP contribution is 2.68. The Morgan fingerprint density at radius 3 is 2.55 bits per heavy atom. The highest BCUT2D eigenvalue weighted by atomic mass is 32.2. The summed E-state index contributed by atoms with van der Waals surface area (Å²) in [6, 6.07) is -0.673. The molecule has 0 aromatic carbocycles. The first kappa shape index (κ1) is 24.1. The summed E-state index contributed by atoms with van der Waals surface area (Å²) in [7, 11) is 0. The second-order valence-electron chi connectivity index (χ2n) is 10.1. The minimum Gasteiger partial charge on any atom is -0.481 e. The third-order valence-corrected chi connectivity index (χ3v) is 9.29. The van der Waals surface area contributed by atoms with Crippen LogP contribution in [0.4, 0.5) is 0 Å². The Morgan fingerprint density at radius 2 is 2.00 bits per heavy atom. The van der Waals surface area contributed by atoms with Crippen molar-refractivity contribution < 1.29 is 24.6 Å². The summed E-state index contributed by atoms with van der Waals surface area (Å²) in [6.45, 7) is 12.6. The predicted octanol–water partition coefficient (Wildman–Crippen LogP) is 2.38. The molecule has 3 saturated heterocycles. The SMILES string of the molecule is C=CCN(C(=O)C1N(CCCCCO)C(=O)[C@@H]2[C@H](C(=O)O)[C@@H]3CC(C)C12S3)C(C)(C)C. The van der Waals surface area contributed by atoms with Crippen molar-refractivity contribution in [3.05, 3.63) is 12.7 Å². The summed E-state index contributed by atoms with van der Waals surface area (Å²) in [5.41, 5.74) is -0.456. The van der Waals surface area contributed by atoms with Crippen molar-refractivity contribution in [2.45, 2.75) is 75.0 Å². The molecule has 1 spiro atoms. The van der Waals surface area contributed by atoms with Gasteiger partial charge in [0.05, 0.1) is 16.6 Å². The van der Waals surface area contributed by atoms with Gasteiger partial charge >= 0.3 is 5.97 Å². The number of hydrogen-bond donors (Lipinski definition) is 2. The minimum absolute atomic E-state index is 0.0778. The standard InChI is InChI=1S/C23H36N2O5S/c1-6-10-25(22(3,4)5)20(28)18-23-14(2)13-15(31-23)16(21(29)30)17(23)19(27)24(18)11-8-7-9-12-26/h6,14-18,26H,1,7-13H2,2-5H3,(H,29,30)/t14?,15-,16+,17-,18?,23?/m0/s1. The topological polar surface area (TPSA) is 98.2 Å². The van der Waals surface area contributed by atoms with Gasteiger partial charge in [-0.3, -0.25) is 14.4 Å². The fourth-order valence-electron chi connectivity index (χ4n) is 5.86. The number of likely N-dealkylation sites (tertiary alicyclic amines) is 1. The number of hydrogen-bond acceptors (Lipinski definition) is 5. The largest absolute Gasteiger partial charge is 0.481 e. The molecule has 2 bridgehead atoms. The first-order valence-corrected chi connectivity index (χ1v) is 12.1. The third-order valence-electron chi connectivity index (χ3n) is 7.21. The van der Waals surface area contributed by atoms with E-state index < -0.39 is 34.1 Å². The lowest BCUT2D eigenvalue weighted by atomic mass is 9.66. The molecule has 8 heteroatoms. The summed E-state index contributed by atoms with van der Waals surface area (Å²) < 4.78 is -0.705. The fourth-order valence-corrected chi connectivity index (χ4v) is 8.27. The van der Waals surface area contributed by atoms with Crippen LogP contribution in [0.2, 0.25) is 0 Å². The maximum atomic E-state index is 14.1. The molecule has 3 aliphatic heterocycles. The Morgan fingerprint density at radius 1 is 1.32 bits per heavy atom. The number of aliphatic carboxylic acids is 1. The average Bonchev–Trinajstić information content (AvgIpc) is 3.26. The van der Waals surface area contributed by atoms with E-state index in [4.69, 9.17) is 5.11 Å². The first-order valence-electron chi connectivity index (χ1n) is 11.3. The molecule has 2 amide bonds. The number of carbonyl (C=O) groups excluding carboxylic acids is 2. The number of thioether (sulfide) groups is 1. The number of aliphatic hydroxyl groups is 1. The zero-order valence-corrected chi connectivity index (χ0v) is 19.9. The molecule has 3 fully saturated rings. The van der Waals surface area contributed by atoms with Crippen LogP contribution in [0.25, 0.3) is 0 Å². The molecule has 174 valence electrons. The van der Waals surface area contributed by atoms with Crippen LogP contribution in [-0.2, 0) is 14.4 Å². The third kappa shape index (κ3) is 3.80. The number of aliphatic hydroxyl groups excluding tert-OH is 1. The number of unbranched alkanes of at least 4 members (excludes halogenated alkanes) is 2. The maximum absolute atomic E-state index is 14.1. The van der Waals surface area contributed by atoms with E-state index in [1.165, 1.54) is 0 Å². The van der Waals surface area contributed by atoms with E-state index in [9.17, 15) is 19.5 Å². The Balaban J connectivity index is 2.04. The lowest BCUT2D eigenvalue weighted by Gasteiger charge is -2.44. The number of carboxylic acid groups (broad SMARTS) is 1. The van der Waals surface area contributed by atoms with Crippen LogP contribution < -0.4 is 0 Å². The predicted molar refractivity (Wildman–Crippen MR) is 121 cm³/mol. The van der Waals surface area contributed by atoms with Gasteiger partial charge in [-0.1, -0.05) is 13.0 Å². The highest BCUT2D eigenvalue weighted by Gasteiger charge is 2.76.